The highest BCUT2D eigenvalue weighted by Gasteiger charge is 2.03. The first-order chi connectivity index (χ1) is 12.2. The van der Waals surface area contributed by atoms with E-state index >= 15 is 0 Å². The topological polar surface area (TPSA) is 58.5 Å². The molecule has 0 unspecified atom stereocenters. The van der Waals surface area contributed by atoms with Crippen LogP contribution in [0.5, 0.6) is 5.75 Å². The number of ether oxygens (including phenoxy) is 1. The Morgan fingerprint density at radius 3 is 2.81 bits per heavy atom. The van der Waals surface area contributed by atoms with E-state index in [2.05, 4.69) is 58.9 Å². The number of hydrogen-bond acceptors (Lipinski definition) is 4. The van der Waals surface area contributed by atoms with Gasteiger partial charge in [-0.05, 0) is 49.4 Å². The maximum absolute atomic E-state index is 5.64. The number of nitrogens with one attached hydrogen (secondary N) is 2. The number of hydrogen-bond donors (Lipinski definition) is 2. The first-order valence-electron chi connectivity index (χ1n) is 8.41. The molecule has 0 radical (unpaired) electrons. The van der Waals surface area contributed by atoms with Crippen LogP contribution in [0.1, 0.15) is 18.1 Å². The largest absolute Gasteiger partial charge is 0.490 e. The summed E-state index contributed by atoms with van der Waals surface area (Å²) in [7, 11) is 0. The maximum Gasteiger partial charge on any atom is 0.191 e. The minimum absolute atomic E-state index is 0. The molecule has 1 aromatic carbocycles. The number of halogens is 1. The highest BCUT2D eigenvalue weighted by atomic mass is 127. The van der Waals surface area contributed by atoms with Gasteiger partial charge in [0, 0.05) is 17.6 Å². The van der Waals surface area contributed by atoms with Gasteiger partial charge in [-0.3, -0.25) is 4.98 Å². The zero-order valence-corrected chi connectivity index (χ0v) is 18.6. The molecule has 5 nitrogen and oxygen atoms in total. The van der Waals surface area contributed by atoms with Crippen molar-refractivity contribution in [2.75, 3.05) is 26.0 Å². The van der Waals surface area contributed by atoms with Crippen molar-refractivity contribution in [1.82, 2.24) is 15.6 Å². The van der Waals surface area contributed by atoms with E-state index < -0.39 is 0 Å². The number of benzene rings is 1. The highest BCUT2D eigenvalue weighted by Crippen LogP contribution is 2.22. The van der Waals surface area contributed by atoms with Crippen LogP contribution < -0.4 is 15.4 Å². The molecule has 7 heteroatoms. The summed E-state index contributed by atoms with van der Waals surface area (Å²) in [6, 6.07) is 10.2. The van der Waals surface area contributed by atoms with Crippen LogP contribution in [0.3, 0.4) is 0 Å². The van der Waals surface area contributed by atoms with Gasteiger partial charge in [-0.15, -0.1) is 35.7 Å². The van der Waals surface area contributed by atoms with Crippen LogP contribution in [-0.4, -0.2) is 36.9 Å². The van der Waals surface area contributed by atoms with Gasteiger partial charge in [0.2, 0.25) is 0 Å². The van der Waals surface area contributed by atoms with Crippen molar-refractivity contribution in [1.29, 1.82) is 0 Å². The number of aliphatic imine (C=N–C) groups is 1. The van der Waals surface area contributed by atoms with Crippen LogP contribution in [-0.2, 0) is 6.54 Å². The fraction of sp³-hybridized carbons (Fsp3) is 0.368. The lowest BCUT2D eigenvalue weighted by molar-refractivity contribution is 0.320. The minimum atomic E-state index is 0. The second-order valence-electron chi connectivity index (χ2n) is 5.47. The van der Waals surface area contributed by atoms with Crippen LogP contribution >= 0.6 is 35.7 Å². The van der Waals surface area contributed by atoms with Crippen LogP contribution in [0.25, 0.3) is 0 Å². The van der Waals surface area contributed by atoms with Gasteiger partial charge in [0.1, 0.15) is 12.4 Å². The average Bonchev–Trinajstić information content (AvgIpc) is 2.64. The van der Waals surface area contributed by atoms with Crippen molar-refractivity contribution >= 4 is 41.7 Å². The molecule has 0 bridgehead atoms. The van der Waals surface area contributed by atoms with Crippen molar-refractivity contribution in [3.8, 4) is 5.75 Å². The lowest BCUT2D eigenvalue weighted by atomic mass is 10.1. The van der Waals surface area contributed by atoms with Gasteiger partial charge < -0.3 is 15.4 Å². The fourth-order valence-corrected chi connectivity index (χ4v) is 2.96. The molecule has 1 heterocycles. The lowest BCUT2D eigenvalue weighted by Gasteiger charge is -2.13. The summed E-state index contributed by atoms with van der Waals surface area (Å²) < 4.78 is 5.64. The molecule has 0 atom stereocenters. The van der Waals surface area contributed by atoms with Crippen LogP contribution in [0.2, 0.25) is 0 Å². The van der Waals surface area contributed by atoms with E-state index in [1.807, 2.05) is 12.1 Å². The van der Waals surface area contributed by atoms with E-state index in [1.54, 1.807) is 24.2 Å². The van der Waals surface area contributed by atoms with Crippen molar-refractivity contribution in [2.45, 2.75) is 25.3 Å². The van der Waals surface area contributed by atoms with Crippen molar-refractivity contribution in [2.24, 2.45) is 4.99 Å². The van der Waals surface area contributed by atoms with Gasteiger partial charge in [0.05, 0.1) is 19.3 Å². The third-order valence-corrected chi connectivity index (χ3v) is 4.31. The monoisotopic (exact) mass is 486 g/mol. The van der Waals surface area contributed by atoms with Crippen LogP contribution in [0.15, 0.2) is 52.6 Å². The number of guanidine groups is 1. The van der Waals surface area contributed by atoms with E-state index in [0.29, 0.717) is 19.7 Å². The number of thioether (sulfide) groups is 1. The van der Waals surface area contributed by atoms with Gasteiger partial charge in [-0.1, -0.05) is 12.1 Å². The first kappa shape index (κ1) is 22.6. The Hall–Kier alpha value is -1.48. The molecular formula is C19H27IN4OS. The van der Waals surface area contributed by atoms with Crippen LogP contribution in [0.4, 0.5) is 0 Å². The van der Waals surface area contributed by atoms with E-state index in [9.17, 15) is 0 Å². The molecule has 2 rings (SSSR count). The molecule has 0 saturated heterocycles. The van der Waals surface area contributed by atoms with Gasteiger partial charge in [0.25, 0.3) is 0 Å². The maximum atomic E-state index is 5.64. The quantitative estimate of drug-likeness (QED) is 0.195. The molecule has 0 spiro atoms. The second kappa shape index (κ2) is 12.8. The zero-order chi connectivity index (χ0) is 17.9. The molecule has 1 aromatic heterocycles. The Balaban J connectivity index is 0.00000338. The Labute approximate surface area is 177 Å². The Kier molecular flexibility index (Phi) is 11.1. The summed E-state index contributed by atoms with van der Waals surface area (Å²) in [6.45, 7) is 6.86. The number of nitrogens with zero attached hydrogens (tertiary/aromatic N) is 2. The minimum Gasteiger partial charge on any atom is -0.490 e. The summed E-state index contributed by atoms with van der Waals surface area (Å²) in [5.74, 6) is 1.57. The highest BCUT2D eigenvalue weighted by molar-refractivity contribution is 14.0. The Morgan fingerprint density at radius 1 is 1.27 bits per heavy atom. The summed E-state index contributed by atoms with van der Waals surface area (Å²) in [6.07, 6.45) is 5.54. The fourth-order valence-electron chi connectivity index (χ4n) is 2.26. The summed E-state index contributed by atoms with van der Waals surface area (Å²) in [4.78, 5) is 9.99. The summed E-state index contributed by atoms with van der Waals surface area (Å²) in [5, 5.41) is 6.56. The molecule has 142 valence electrons. The number of pyridine rings is 1. The van der Waals surface area contributed by atoms with Gasteiger partial charge in [-0.2, -0.15) is 0 Å². The van der Waals surface area contributed by atoms with Gasteiger partial charge in [0.15, 0.2) is 5.96 Å². The van der Waals surface area contributed by atoms with E-state index in [0.717, 1.165) is 18.3 Å². The smallest absolute Gasteiger partial charge is 0.191 e. The third kappa shape index (κ3) is 7.82. The number of aryl methyl sites for hydroxylation is 1. The summed E-state index contributed by atoms with van der Waals surface area (Å²) >= 11 is 1.76. The van der Waals surface area contributed by atoms with Crippen molar-refractivity contribution < 1.29 is 4.74 Å². The lowest BCUT2D eigenvalue weighted by Crippen LogP contribution is -2.39. The molecular weight excluding hydrogens is 459 g/mol. The predicted molar refractivity (Wildman–Crippen MR) is 121 cm³/mol. The molecule has 0 fully saturated rings. The first-order valence-corrected chi connectivity index (χ1v) is 9.64. The molecule has 0 aliphatic heterocycles. The zero-order valence-electron chi connectivity index (χ0n) is 15.5. The number of rotatable bonds is 8. The average molecular weight is 486 g/mol. The second-order valence-corrected chi connectivity index (χ2v) is 6.32. The van der Waals surface area contributed by atoms with Gasteiger partial charge >= 0.3 is 0 Å². The third-order valence-electron chi connectivity index (χ3n) is 3.49. The normalized spacial score (nSPS) is 10.8. The van der Waals surface area contributed by atoms with E-state index in [1.165, 1.54) is 16.0 Å². The van der Waals surface area contributed by atoms with E-state index in [4.69, 9.17) is 4.74 Å². The van der Waals surface area contributed by atoms with E-state index in [-0.39, 0.29) is 24.0 Å². The molecule has 0 aliphatic carbocycles. The van der Waals surface area contributed by atoms with Crippen molar-refractivity contribution in [3.63, 3.8) is 0 Å². The van der Waals surface area contributed by atoms with Crippen molar-refractivity contribution in [3.05, 3.63) is 53.9 Å². The van der Waals surface area contributed by atoms with Crippen LogP contribution in [0, 0.1) is 6.92 Å². The van der Waals surface area contributed by atoms with Gasteiger partial charge in [-0.25, -0.2) is 4.99 Å². The number of aromatic nitrogens is 1. The molecule has 26 heavy (non-hydrogen) atoms. The molecule has 0 saturated carbocycles. The standard InChI is InChI=1S/C19H26N4OS.HI/c1-4-21-19(22-10-11-24-17-6-5-9-20-14-17)23-13-16-8-7-15(2)12-18(16)25-3;/h5-9,12,14H,4,10-11,13H2,1-3H3,(H2,21,22,23);1H. The molecule has 2 N–H and O–H groups in total. The SMILES string of the molecule is CCNC(=NCc1ccc(C)cc1SC)NCCOc1cccnc1.I. The molecule has 2 aromatic rings. The molecule has 0 amide bonds. The molecule has 0 aliphatic rings. The summed E-state index contributed by atoms with van der Waals surface area (Å²) in [5.41, 5.74) is 2.51. The Bertz CT molecular complexity index is 682. The Morgan fingerprint density at radius 2 is 2.12 bits per heavy atom. The predicted octanol–water partition coefficient (Wildman–Crippen LogP) is 3.86.